The molecule has 0 saturated heterocycles. The molecule has 0 aliphatic heterocycles. The van der Waals surface area contributed by atoms with Gasteiger partial charge in [-0.2, -0.15) is 5.10 Å². The number of nitrogens with one attached hydrogen (secondary N) is 1. The van der Waals surface area contributed by atoms with E-state index >= 15 is 0 Å². The molecule has 6 nitrogen and oxygen atoms in total. The summed E-state index contributed by atoms with van der Waals surface area (Å²) in [6.45, 7) is 0.243. The zero-order valence-electron chi connectivity index (χ0n) is 16.9. The van der Waals surface area contributed by atoms with Crippen molar-refractivity contribution in [3.8, 4) is 17.2 Å². The maximum absolute atomic E-state index is 12.6. The van der Waals surface area contributed by atoms with Crippen LogP contribution in [0, 0.1) is 0 Å². The van der Waals surface area contributed by atoms with Crippen molar-refractivity contribution in [2.24, 2.45) is 5.10 Å². The van der Waals surface area contributed by atoms with Gasteiger partial charge in [0.2, 0.25) is 0 Å². The molecule has 8 heteroatoms. The molecule has 0 heterocycles. The van der Waals surface area contributed by atoms with Gasteiger partial charge >= 0.3 is 0 Å². The van der Waals surface area contributed by atoms with Crippen LogP contribution in [0.25, 0.3) is 0 Å². The topological polar surface area (TPSA) is 69.2 Å². The molecule has 1 N–H and O–H groups in total. The van der Waals surface area contributed by atoms with Crippen LogP contribution in [0.2, 0.25) is 5.02 Å². The molecule has 31 heavy (non-hydrogen) atoms. The summed E-state index contributed by atoms with van der Waals surface area (Å²) in [5, 5.41) is 4.65. The largest absolute Gasteiger partial charge is 0.493 e. The van der Waals surface area contributed by atoms with Crippen LogP contribution in [0.3, 0.4) is 0 Å². The lowest BCUT2D eigenvalue weighted by molar-refractivity contribution is 0.0950. The van der Waals surface area contributed by atoms with Gasteiger partial charge < -0.3 is 14.2 Å². The second-order valence-corrected chi connectivity index (χ2v) is 7.58. The summed E-state index contributed by atoms with van der Waals surface area (Å²) in [7, 11) is 3.11. The van der Waals surface area contributed by atoms with E-state index in [2.05, 4.69) is 26.5 Å². The highest BCUT2D eigenvalue weighted by Crippen LogP contribution is 2.35. The number of nitrogens with zero attached hydrogens (tertiary/aromatic N) is 1. The highest BCUT2D eigenvalue weighted by molar-refractivity contribution is 9.10. The molecule has 0 aromatic heterocycles. The van der Waals surface area contributed by atoms with Gasteiger partial charge in [0, 0.05) is 10.6 Å². The predicted octanol–water partition coefficient (Wildman–Crippen LogP) is 5.46. The summed E-state index contributed by atoms with van der Waals surface area (Å²) in [6, 6.07) is 17.9. The van der Waals surface area contributed by atoms with Crippen molar-refractivity contribution in [1.82, 2.24) is 5.43 Å². The van der Waals surface area contributed by atoms with E-state index in [9.17, 15) is 4.79 Å². The van der Waals surface area contributed by atoms with Gasteiger partial charge in [0.1, 0.15) is 12.4 Å². The van der Waals surface area contributed by atoms with Crippen LogP contribution in [-0.4, -0.2) is 26.3 Å². The third kappa shape index (κ3) is 5.77. The number of methoxy groups -OCH3 is 2. The Labute approximate surface area is 193 Å². The summed E-state index contributed by atoms with van der Waals surface area (Å²) in [4.78, 5) is 12.6. The summed E-state index contributed by atoms with van der Waals surface area (Å²) in [6.07, 6.45) is 1.51. The van der Waals surface area contributed by atoms with Gasteiger partial charge in [-0.3, -0.25) is 4.79 Å². The molecule has 0 radical (unpaired) electrons. The molecule has 0 aliphatic rings. The highest BCUT2D eigenvalue weighted by atomic mass is 79.9. The lowest BCUT2D eigenvalue weighted by atomic mass is 10.2. The van der Waals surface area contributed by atoms with Crippen molar-refractivity contribution in [2.45, 2.75) is 6.61 Å². The van der Waals surface area contributed by atoms with E-state index in [4.69, 9.17) is 25.8 Å². The average Bonchev–Trinajstić information content (AvgIpc) is 2.78. The van der Waals surface area contributed by atoms with Crippen LogP contribution in [-0.2, 0) is 6.61 Å². The van der Waals surface area contributed by atoms with Gasteiger partial charge in [-0.15, -0.1) is 0 Å². The molecule has 0 spiro atoms. The Hall–Kier alpha value is -3.03. The Morgan fingerprint density at radius 1 is 1.06 bits per heavy atom. The van der Waals surface area contributed by atoms with Crippen LogP contribution < -0.4 is 19.6 Å². The lowest BCUT2D eigenvalue weighted by Crippen LogP contribution is -2.18. The molecule has 0 unspecified atom stereocenters. The summed E-state index contributed by atoms with van der Waals surface area (Å²) < 4.78 is 17.1. The number of carbonyl (C=O) groups excluding carboxylic acids is 1. The van der Waals surface area contributed by atoms with Crippen molar-refractivity contribution in [1.29, 1.82) is 0 Å². The number of amides is 1. The minimum Gasteiger partial charge on any atom is -0.493 e. The zero-order valence-corrected chi connectivity index (χ0v) is 19.2. The van der Waals surface area contributed by atoms with Crippen molar-refractivity contribution >= 4 is 39.7 Å². The van der Waals surface area contributed by atoms with Crippen LogP contribution in [0.4, 0.5) is 0 Å². The van der Waals surface area contributed by atoms with Crippen molar-refractivity contribution in [3.63, 3.8) is 0 Å². The first-order valence-electron chi connectivity index (χ1n) is 9.23. The number of hydrazone groups is 1. The van der Waals surface area contributed by atoms with Gasteiger partial charge in [-0.25, -0.2) is 5.43 Å². The molecule has 0 atom stereocenters. The second-order valence-electron chi connectivity index (χ2n) is 6.31. The molecule has 0 bridgehead atoms. The van der Waals surface area contributed by atoms with Gasteiger partial charge in [0.15, 0.2) is 11.5 Å². The minimum absolute atomic E-state index is 0.243. The summed E-state index contributed by atoms with van der Waals surface area (Å²) in [5.74, 6) is 1.16. The van der Waals surface area contributed by atoms with E-state index in [0.29, 0.717) is 37.9 Å². The standard InChI is InChI=1S/C23H20BrClN2O4/c1-29-21-12-15(11-18(24)22(21)30-2)13-26-27-23(28)17-8-4-6-10-20(17)31-14-16-7-3-5-9-19(16)25/h3-13H,14H2,1-2H3,(H,27,28)/b26-13+. The number of ether oxygens (including phenoxy) is 3. The highest BCUT2D eigenvalue weighted by Gasteiger charge is 2.13. The maximum atomic E-state index is 12.6. The molecule has 0 fully saturated rings. The number of benzene rings is 3. The second kappa shape index (κ2) is 10.8. The Bertz CT molecular complexity index is 1100. The molecule has 3 aromatic rings. The molecule has 3 rings (SSSR count). The third-order valence-electron chi connectivity index (χ3n) is 4.31. The van der Waals surface area contributed by atoms with Crippen molar-refractivity contribution in [2.75, 3.05) is 14.2 Å². The fourth-order valence-corrected chi connectivity index (χ4v) is 3.60. The quantitative estimate of drug-likeness (QED) is 0.327. The Morgan fingerprint density at radius 2 is 1.81 bits per heavy atom. The molecule has 1 amide bonds. The number of hydrogen-bond donors (Lipinski definition) is 1. The fourth-order valence-electron chi connectivity index (χ4n) is 2.79. The number of halogens is 2. The minimum atomic E-state index is -0.398. The van der Waals surface area contributed by atoms with E-state index in [-0.39, 0.29) is 6.61 Å². The molecule has 0 aliphatic carbocycles. The average molecular weight is 504 g/mol. The number of carbonyl (C=O) groups is 1. The Kier molecular flexibility index (Phi) is 7.92. The van der Waals surface area contributed by atoms with Crippen molar-refractivity contribution in [3.05, 3.63) is 86.8 Å². The van der Waals surface area contributed by atoms with Gasteiger partial charge in [-0.1, -0.05) is 41.9 Å². The van der Waals surface area contributed by atoms with Gasteiger partial charge in [0.05, 0.1) is 30.5 Å². The Balaban J connectivity index is 1.70. The number of para-hydroxylation sites is 1. The van der Waals surface area contributed by atoms with E-state index in [1.54, 1.807) is 56.7 Å². The molecule has 160 valence electrons. The van der Waals surface area contributed by atoms with E-state index in [1.807, 2.05) is 18.2 Å². The van der Waals surface area contributed by atoms with Gasteiger partial charge in [-0.05, 0) is 51.8 Å². The van der Waals surface area contributed by atoms with Crippen LogP contribution in [0.1, 0.15) is 21.5 Å². The normalized spacial score (nSPS) is 10.7. The fraction of sp³-hybridized carbons (Fsp3) is 0.130. The molecule has 3 aromatic carbocycles. The van der Waals surface area contributed by atoms with E-state index in [1.165, 1.54) is 6.21 Å². The predicted molar refractivity (Wildman–Crippen MR) is 125 cm³/mol. The monoisotopic (exact) mass is 502 g/mol. The van der Waals surface area contributed by atoms with E-state index in [0.717, 1.165) is 5.56 Å². The van der Waals surface area contributed by atoms with Crippen molar-refractivity contribution < 1.29 is 19.0 Å². The first-order chi connectivity index (χ1) is 15.0. The van der Waals surface area contributed by atoms with Crippen LogP contribution in [0.15, 0.2) is 70.2 Å². The SMILES string of the molecule is COc1cc(/C=N/NC(=O)c2ccccc2OCc2ccccc2Cl)cc(Br)c1OC. The number of hydrogen-bond acceptors (Lipinski definition) is 5. The molecule has 0 saturated carbocycles. The third-order valence-corrected chi connectivity index (χ3v) is 5.27. The molecular weight excluding hydrogens is 484 g/mol. The van der Waals surface area contributed by atoms with Gasteiger partial charge in [0.25, 0.3) is 5.91 Å². The Morgan fingerprint density at radius 3 is 2.55 bits per heavy atom. The summed E-state index contributed by atoms with van der Waals surface area (Å²) in [5.41, 5.74) is 4.43. The smallest absolute Gasteiger partial charge is 0.275 e. The maximum Gasteiger partial charge on any atom is 0.275 e. The lowest BCUT2D eigenvalue weighted by Gasteiger charge is -2.11. The number of rotatable bonds is 8. The first kappa shape index (κ1) is 22.7. The first-order valence-corrected chi connectivity index (χ1v) is 10.4. The van der Waals surface area contributed by atoms with Crippen LogP contribution >= 0.6 is 27.5 Å². The van der Waals surface area contributed by atoms with E-state index < -0.39 is 5.91 Å². The zero-order chi connectivity index (χ0) is 22.2. The van der Waals surface area contributed by atoms with Crippen LogP contribution in [0.5, 0.6) is 17.2 Å². The molecular formula is C23H20BrClN2O4. The summed E-state index contributed by atoms with van der Waals surface area (Å²) >= 11 is 9.60.